The van der Waals surface area contributed by atoms with E-state index in [1.54, 1.807) is 11.9 Å². The Balaban J connectivity index is 1.93. The highest BCUT2D eigenvalue weighted by molar-refractivity contribution is 9.10. The normalized spacial score (nSPS) is 19.6. The molecule has 1 amide bonds. The van der Waals surface area contributed by atoms with Gasteiger partial charge in [-0.1, -0.05) is 15.9 Å². The number of anilines is 1. The number of hydrogen-bond donors (Lipinski definition) is 1. The molecule has 0 spiro atoms. The third-order valence-corrected chi connectivity index (χ3v) is 3.52. The maximum atomic E-state index is 12.1. The van der Waals surface area contributed by atoms with Crippen LogP contribution >= 0.6 is 15.9 Å². The van der Waals surface area contributed by atoms with Gasteiger partial charge in [0, 0.05) is 30.3 Å². The number of nitrogens with one attached hydrogen (secondary N) is 1. The van der Waals surface area contributed by atoms with Crippen LogP contribution in [0.15, 0.2) is 28.7 Å². The minimum Gasteiger partial charge on any atom is -0.375 e. The Bertz CT molecular complexity index is 402. The lowest BCUT2D eigenvalue weighted by atomic mass is 10.2. The maximum Gasteiger partial charge on any atom is 0.229 e. The Morgan fingerprint density at radius 2 is 2.22 bits per heavy atom. The number of amides is 1. The maximum absolute atomic E-state index is 12.1. The average molecular weight is 313 g/mol. The van der Waals surface area contributed by atoms with Gasteiger partial charge in [0.25, 0.3) is 0 Å². The van der Waals surface area contributed by atoms with Crippen molar-refractivity contribution in [1.82, 2.24) is 5.32 Å². The lowest BCUT2D eigenvalue weighted by molar-refractivity contribution is -0.121. The molecule has 1 heterocycles. The Morgan fingerprint density at radius 1 is 1.50 bits per heavy atom. The topological polar surface area (TPSA) is 41.6 Å². The number of morpholine rings is 1. The average Bonchev–Trinajstić information content (AvgIpc) is 2.40. The zero-order valence-electron chi connectivity index (χ0n) is 10.4. The summed E-state index contributed by atoms with van der Waals surface area (Å²) < 4.78 is 6.54. The summed E-state index contributed by atoms with van der Waals surface area (Å²) in [6.45, 7) is 2.30. The van der Waals surface area contributed by atoms with Gasteiger partial charge < -0.3 is 15.0 Å². The molecule has 4 nitrogen and oxygen atoms in total. The summed E-state index contributed by atoms with van der Waals surface area (Å²) in [5, 5.41) is 3.22. The van der Waals surface area contributed by atoms with Crippen LogP contribution < -0.4 is 10.2 Å². The molecule has 0 bridgehead atoms. The molecule has 0 radical (unpaired) electrons. The molecule has 1 N–H and O–H groups in total. The molecular formula is C13H17BrN2O2. The van der Waals surface area contributed by atoms with Crippen molar-refractivity contribution >= 4 is 27.5 Å². The molecule has 1 unspecified atom stereocenters. The van der Waals surface area contributed by atoms with Crippen molar-refractivity contribution in [2.75, 3.05) is 31.6 Å². The van der Waals surface area contributed by atoms with Crippen LogP contribution in [0.3, 0.4) is 0 Å². The highest BCUT2D eigenvalue weighted by Crippen LogP contribution is 2.18. The van der Waals surface area contributed by atoms with Gasteiger partial charge >= 0.3 is 0 Å². The third-order valence-electron chi connectivity index (χ3n) is 2.99. The molecule has 1 aliphatic rings. The number of benzene rings is 1. The second kappa shape index (κ2) is 6.31. The molecule has 0 aliphatic carbocycles. The van der Waals surface area contributed by atoms with Crippen LogP contribution in [0.1, 0.15) is 6.42 Å². The van der Waals surface area contributed by atoms with Gasteiger partial charge in [0.15, 0.2) is 0 Å². The molecule has 0 saturated carbocycles. The van der Waals surface area contributed by atoms with Gasteiger partial charge in [-0.3, -0.25) is 4.79 Å². The van der Waals surface area contributed by atoms with Crippen molar-refractivity contribution in [3.05, 3.63) is 28.7 Å². The quantitative estimate of drug-likeness (QED) is 0.925. The number of rotatable bonds is 3. The first-order valence-corrected chi connectivity index (χ1v) is 6.80. The van der Waals surface area contributed by atoms with Gasteiger partial charge in [0.1, 0.15) is 0 Å². The standard InChI is InChI=1S/C13H17BrN2O2/c1-16(11-4-2-10(14)3-5-11)13(17)8-12-9-15-6-7-18-12/h2-5,12,15H,6-9H2,1H3. The molecule has 1 saturated heterocycles. The number of halogens is 1. The van der Waals surface area contributed by atoms with Crippen LogP contribution in [-0.4, -0.2) is 38.8 Å². The van der Waals surface area contributed by atoms with E-state index in [9.17, 15) is 4.79 Å². The van der Waals surface area contributed by atoms with E-state index in [-0.39, 0.29) is 12.0 Å². The lowest BCUT2D eigenvalue weighted by Gasteiger charge is -2.25. The Morgan fingerprint density at radius 3 is 2.83 bits per heavy atom. The van der Waals surface area contributed by atoms with Crippen molar-refractivity contribution in [3.8, 4) is 0 Å². The van der Waals surface area contributed by atoms with Crippen molar-refractivity contribution in [3.63, 3.8) is 0 Å². The smallest absolute Gasteiger partial charge is 0.229 e. The molecule has 1 aromatic carbocycles. The first kappa shape index (κ1) is 13.5. The van der Waals surface area contributed by atoms with E-state index < -0.39 is 0 Å². The van der Waals surface area contributed by atoms with Crippen molar-refractivity contribution in [1.29, 1.82) is 0 Å². The van der Waals surface area contributed by atoms with Crippen LogP contribution in [0.4, 0.5) is 5.69 Å². The largest absolute Gasteiger partial charge is 0.375 e. The fourth-order valence-corrected chi connectivity index (χ4v) is 2.16. The summed E-state index contributed by atoms with van der Waals surface area (Å²) in [5.74, 6) is 0.0750. The molecule has 0 aromatic heterocycles. The Kier molecular flexibility index (Phi) is 4.74. The highest BCUT2D eigenvalue weighted by atomic mass is 79.9. The minimum absolute atomic E-state index is 0.0100. The van der Waals surface area contributed by atoms with E-state index in [0.29, 0.717) is 13.0 Å². The Hall–Kier alpha value is -0.910. The molecule has 18 heavy (non-hydrogen) atoms. The number of hydrogen-bond acceptors (Lipinski definition) is 3. The molecule has 1 atom stereocenters. The van der Waals surface area contributed by atoms with Crippen molar-refractivity contribution in [2.24, 2.45) is 0 Å². The van der Waals surface area contributed by atoms with Crippen molar-refractivity contribution in [2.45, 2.75) is 12.5 Å². The lowest BCUT2D eigenvalue weighted by Crippen LogP contribution is -2.41. The van der Waals surface area contributed by atoms with Gasteiger partial charge in [0.2, 0.25) is 5.91 Å². The predicted octanol–water partition coefficient (Wildman–Crippen LogP) is 1.79. The van der Waals surface area contributed by atoms with Crippen LogP contribution in [0, 0.1) is 0 Å². The van der Waals surface area contributed by atoms with Gasteiger partial charge in [-0.25, -0.2) is 0 Å². The summed E-state index contributed by atoms with van der Waals surface area (Å²) >= 11 is 3.38. The second-order valence-electron chi connectivity index (χ2n) is 4.33. The molecule has 1 aromatic rings. The summed E-state index contributed by atoms with van der Waals surface area (Å²) in [5.41, 5.74) is 0.895. The molecule has 98 valence electrons. The molecular weight excluding hydrogens is 296 g/mol. The summed E-state index contributed by atoms with van der Waals surface area (Å²) in [4.78, 5) is 13.8. The second-order valence-corrected chi connectivity index (χ2v) is 5.25. The first-order valence-electron chi connectivity index (χ1n) is 6.01. The molecule has 2 rings (SSSR count). The number of carbonyl (C=O) groups is 1. The van der Waals surface area contributed by atoms with Crippen LogP contribution in [0.2, 0.25) is 0 Å². The van der Waals surface area contributed by atoms with Crippen molar-refractivity contribution < 1.29 is 9.53 Å². The molecule has 1 fully saturated rings. The summed E-state index contributed by atoms with van der Waals surface area (Å²) in [6.07, 6.45) is 0.406. The third kappa shape index (κ3) is 3.54. The number of carbonyl (C=O) groups excluding carboxylic acids is 1. The SMILES string of the molecule is CN(C(=O)CC1CNCCO1)c1ccc(Br)cc1. The number of nitrogens with zero attached hydrogens (tertiary/aromatic N) is 1. The number of ether oxygens (including phenoxy) is 1. The monoisotopic (exact) mass is 312 g/mol. The molecule has 1 aliphatic heterocycles. The molecule has 5 heteroatoms. The van der Waals surface area contributed by atoms with E-state index in [1.807, 2.05) is 24.3 Å². The van der Waals surface area contributed by atoms with Crippen LogP contribution in [-0.2, 0) is 9.53 Å². The fraction of sp³-hybridized carbons (Fsp3) is 0.462. The van der Waals surface area contributed by atoms with Gasteiger partial charge in [-0.05, 0) is 24.3 Å². The summed E-state index contributed by atoms with van der Waals surface area (Å²) in [6, 6.07) is 7.69. The minimum atomic E-state index is -0.0100. The highest BCUT2D eigenvalue weighted by Gasteiger charge is 2.20. The zero-order chi connectivity index (χ0) is 13.0. The zero-order valence-corrected chi connectivity index (χ0v) is 11.9. The first-order chi connectivity index (χ1) is 8.66. The van der Waals surface area contributed by atoms with E-state index in [1.165, 1.54) is 0 Å². The van der Waals surface area contributed by atoms with Gasteiger partial charge in [0.05, 0.1) is 19.1 Å². The summed E-state index contributed by atoms with van der Waals surface area (Å²) in [7, 11) is 1.79. The van der Waals surface area contributed by atoms with E-state index in [2.05, 4.69) is 21.2 Å². The van der Waals surface area contributed by atoms with E-state index >= 15 is 0 Å². The van der Waals surface area contributed by atoms with Crippen LogP contribution in [0.25, 0.3) is 0 Å². The van der Waals surface area contributed by atoms with Gasteiger partial charge in [-0.15, -0.1) is 0 Å². The predicted molar refractivity (Wildman–Crippen MR) is 74.8 cm³/mol. The van der Waals surface area contributed by atoms with Gasteiger partial charge in [-0.2, -0.15) is 0 Å². The van der Waals surface area contributed by atoms with Crippen LogP contribution in [0.5, 0.6) is 0 Å². The Labute approximate surface area is 115 Å². The van der Waals surface area contributed by atoms with E-state index in [0.717, 1.165) is 23.2 Å². The fourth-order valence-electron chi connectivity index (χ4n) is 1.89. The van der Waals surface area contributed by atoms with E-state index in [4.69, 9.17) is 4.74 Å².